The topological polar surface area (TPSA) is 94.8 Å². The predicted octanol–water partition coefficient (Wildman–Crippen LogP) is 5.98. The summed E-state index contributed by atoms with van der Waals surface area (Å²) < 4.78 is 17.7. The van der Waals surface area contributed by atoms with Crippen LogP contribution >= 0.6 is 11.3 Å². The molecule has 5 rings (SSSR count). The number of amides is 1. The van der Waals surface area contributed by atoms with Gasteiger partial charge in [0.2, 0.25) is 10.9 Å². The second-order valence-corrected chi connectivity index (χ2v) is 10.3. The molecule has 9 heteroatoms. The van der Waals surface area contributed by atoms with Crippen molar-refractivity contribution in [3.8, 4) is 11.5 Å². The first-order chi connectivity index (χ1) is 17.9. The van der Waals surface area contributed by atoms with Gasteiger partial charge in [-0.25, -0.2) is 0 Å². The quantitative estimate of drug-likeness (QED) is 0.251. The summed E-state index contributed by atoms with van der Waals surface area (Å²) in [6.45, 7) is 6.49. The highest BCUT2D eigenvalue weighted by Gasteiger charge is 2.45. The Balaban J connectivity index is 1.62. The summed E-state index contributed by atoms with van der Waals surface area (Å²) in [5, 5.41) is 9.86. The summed E-state index contributed by atoms with van der Waals surface area (Å²) in [4.78, 5) is 29.0. The van der Waals surface area contributed by atoms with Crippen molar-refractivity contribution < 1.29 is 18.7 Å². The van der Waals surface area contributed by atoms with Gasteiger partial charge in [0, 0.05) is 0 Å². The van der Waals surface area contributed by atoms with Crippen LogP contribution in [0.2, 0.25) is 0 Å². The molecule has 0 radical (unpaired) electrons. The van der Waals surface area contributed by atoms with E-state index >= 15 is 0 Å². The maximum Gasteiger partial charge on any atom is 0.297 e. The number of carbonyl (C=O) groups is 1. The van der Waals surface area contributed by atoms with Crippen LogP contribution in [0.15, 0.2) is 45.6 Å². The Morgan fingerprint density at radius 1 is 1.03 bits per heavy atom. The number of carbonyl (C=O) groups excluding carboxylic acids is 1. The number of benzene rings is 2. The number of methoxy groups -OCH3 is 1. The van der Waals surface area contributed by atoms with Crippen molar-refractivity contribution in [3.63, 3.8) is 0 Å². The van der Waals surface area contributed by atoms with E-state index in [9.17, 15) is 9.59 Å². The van der Waals surface area contributed by atoms with E-state index in [-0.39, 0.29) is 16.8 Å². The standard InChI is InChI=1S/C28H29N3O5S/c1-5-6-7-8-13-35-21-12-10-18(15-22(21)34-4)24-23-25(32)19-14-16(2)9-11-20(19)36-26(23)27(33)31(24)28-30-29-17(3)37-28/h9-12,14-15,24H,5-8,13H2,1-4H3. The maximum atomic E-state index is 13.8. The van der Waals surface area contributed by atoms with Gasteiger partial charge in [0.15, 0.2) is 16.9 Å². The molecule has 1 amide bonds. The molecule has 0 aliphatic carbocycles. The molecule has 37 heavy (non-hydrogen) atoms. The Hall–Kier alpha value is -3.72. The molecule has 4 aromatic rings. The van der Waals surface area contributed by atoms with Crippen LogP contribution in [-0.2, 0) is 0 Å². The molecular weight excluding hydrogens is 490 g/mol. The van der Waals surface area contributed by atoms with Gasteiger partial charge in [0.1, 0.15) is 10.6 Å². The largest absolute Gasteiger partial charge is 0.493 e. The zero-order valence-corrected chi connectivity index (χ0v) is 22.2. The third-order valence-electron chi connectivity index (χ3n) is 6.51. The Morgan fingerprint density at radius 3 is 2.59 bits per heavy atom. The second-order valence-electron chi connectivity index (χ2n) is 9.17. The van der Waals surface area contributed by atoms with Gasteiger partial charge in [-0.3, -0.25) is 14.5 Å². The van der Waals surface area contributed by atoms with Crippen LogP contribution in [0, 0.1) is 13.8 Å². The van der Waals surface area contributed by atoms with Gasteiger partial charge >= 0.3 is 0 Å². The van der Waals surface area contributed by atoms with Gasteiger partial charge in [-0.05, 0) is 50.1 Å². The first-order valence-electron chi connectivity index (χ1n) is 12.4. The van der Waals surface area contributed by atoms with E-state index in [2.05, 4.69) is 17.1 Å². The van der Waals surface area contributed by atoms with Crippen molar-refractivity contribution in [2.45, 2.75) is 52.5 Å². The molecule has 0 saturated carbocycles. The lowest BCUT2D eigenvalue weighted by atomic mass is 9.98. The lowest BCUT2D eigenvalue weighted by Gasteiger charge is -2.23. The highest BCUT2D eigenvalue weighted by molar-refractivity contribution is 7.15. The molecule has 2 aromatic heterocycles. The number of fused-ring (bicyclic) bond motifs is 2. The number of aromatic nitrogens is 2. The Labute approximate surface area is 218 Å². The average Bonchev–Trinajstić information content (AvgIpc) is 3.45. The van der Waals surface area contributed by atoms with E-state index in [1.54, 1.807) is 19.2 Å². The number of unbranched alkanes of at least 4 members (excludes halogenated alkanes) is 3. The average molecular weight is 520 g/mol. The molecule has 0 bridgehead atoms. The van der Waals surface area contributed by atoms with Gasteiger partial charge in [0.05, 0.1) is 30.7 Å². The highest BCUT2D eigenvalue weighted by atomic mass is 32.1. The summed E-state index contributed by atoms with van der Waals surface area (Å²) in [7, 11) is 1.58. The van der Waals surface area contributed by atoms with Crippen molar-refractivity contribution in [2.24, 2.45) is 0 Å². The van der Waals surface area contributed by atoms with Crippen LogP contribution in [0.3, 0.4) is 0 Å². The van der Waals surface area contributed by atoms with Crippen LogP contribution in [-0.4, -0.2) is 29.8 Å². The van der Waals surface area contributed by atoms with Crippen LogP contribution in [0.25, 0.3) is 11.0 Å². The van der Waals surface area contributed by atoms with Crippen molar-refractivity contribution in [1.82, 2.24) is 10.2 Å². The molecule has 192 valence electrons. The Morgan fingerprint density at radius 2 is 1.86 bits per heavy atom. The molecule has 2 aromatic carbocycles. The van der Waals surface area contributed by atoms with E-state index in [1.807, 2.05) is 38.1 Å². The van der Waals surface area contributed by atoms with E-state index in [4.69, 9.17) is 13.9 Å². The number of aryl methyl sites for hydroxylation is 2. The fraction of sp³-hybridized carbons (Fsp3) is 0.357. The van der Waals surface area contributed by atoms with E-state index in [1.165, 1.54) is 22.7 Å². The second kappa shape index (κ2) is 10.3. The van der Waals surface area contributed by atoms with Crippen LogP contribution in [0.4, 0.5) is 5.13 Å². The minimum Gasteiger partial charge on any atom is -0.493 e. The first kappa shape index (κ1) is 25.0. The van der Waals surface area contributed by atoms with Gasteiger partial charge in [0.25, 0.3) is 5.91 Å². The molecular formula is C28H29N3O5S. The zero-order chi connectivity index (χ0) is 26.1. The molecule has 1 aliphatic heterocycles. The minimum absolute atomic E-state index is 0.0226. The molecule has 3 heterocycles. The van der Waals surface area contributed by atoms with E-state index < -0.39 is 11.9 Å². The summed E-state index contributed by atoms with van der Waals surface area (Å²) in [5.74, 6) is 0.746. The van der Waals surface area contributed by atoms with Gasteiger partial charge in [-0.1, -0.05) is 55.2 Å². The minimum atomic E-state index is -0.747. The molecule has 1 unspecified atom stereocenters. The molecule has 0 spiro atoms. The van der Waals surface area contributed by atoms with E-state index in [0.717, 1.165) is 24.8 Å². The van der Waals surface area contributed by atoms with Crippen molar-refractivity contribution >= 4 is 33.3 Å². The lowest BCUT2D eigenvalue weighted by Crippen LogP contribution is -2.29. The Bertz CT molecular complexity index is 1530. The SMILES string of the molecule is CCCCCCOc1ccc(C2c3c(oc4ccc(C)cc4c3=O)C(=O)N2c2nnc(C)s2)cc1OC. The number of nitrogens with zero attached hydrogens (tertiary/aromatic N) is 3. The normalized spacial score (nSPS) is 14.9. The van der Waals surface area contributed by atoms with Gasteiger partial charge in [-0.15, -0.1) is 10.2 Å². The number of hydrogen-bond donors (Lipinski definition) is 0. The molecule has 0 saturated heterocycles. The van der Waals surface area contributed by atoms with Crippen molar-refractivity contribution in [3.05, 3.63) is 74.1 Å². The van der Waals surface area contributed by atoms with Crippen molar-refractivity contribution in [1.29, 1.82) is 0 Å². The fourth-order valence-corrected chi connectivity index (χ4v) is 5.38. The Kier molecular flexibility index (Phi) is 6.97. The number of rotatable bonds is 9. The van der Waals surface area contributed by atoms with Crippen molar-refractivity contribution in [2.75, 3.05) is 18.6 Å². The summed E-state index contributed by atoms with van der Waals surface area (Å²) in [5.41, 5.74) is 2.04. The monoisotopic (exact) mass is 519 g/mol. The summed E-state index contributed by atoms with van der Waals surface area (Å²) in [6, 6.07) is 10.1. The van der Waals surface area contributed by atoms with Gasteiger partial charge < -0.3 is 13.9 Å². The van der Waals surface area contributed by atoms with Gasteiger partial charge in [-0.2, -0.15) is 0 Å². The molecule has 1 aliphatic rings. The smallest absolute Gasteiger partial charge is 0.297 e. The number of hydrogen-bond acceptors (Lipinski definition) is 8. The fourth-order valence-electron chi connectivity index (χ4n) is 4.67. The predicted molar refractivity (Wildman–Crippen MR) is 143 cm³/mol. The molecule has 0 N–H and O–H groups in total. The molecule has 1 atom stereocenters. The zero-order valence-electron chi connectivity index (χ0n) is 21.4. The third-order valence-corrected chi connectivity index (χ3v) is 7.34. The molecule has 8 nitrogen and oxygen atoms in total. The summed E-state index contributed by atoms with van der Waals surface area (Å²) in [6.07, 6.45) is 4.40. The first-order valence-corrected chi connectivity index (χ1v) is 13.3. The van der Waals surface area contributed by atoms with Crippen LogP contribution in [0.1, 0.15) is 70.9 Å². The third kappa shape index (κ3) is 4.59. The maximum absolute atomic E-state index is 13.8. The number of ether oxygens (including phenoxy) is 2. The molecule has 0 fully saturated rings. The van der Waals surface area contributed by atoms with E-state index in [0.29, 0.717) is 44.8 Å². The van der Waals surface area contributed by atoms with Crippen LogP contribution < -0.4 is 19.8 Å². The summed E-state index contributed by atoms with van der Waals surface area (Å²) >= 11 is 1.28. The highest BCUT2D eigenvalue weighted by Crippen LogP contribution is 2.44. The number of anilines is 1. The lowest BCUT2D eigenvalue weighted by molar-refractivity contribution is 0.0970. The van der Waals surface area contributed by atoms with Crippen LogP contribution in [0.5, 0.6) is 11.5 Å².